The number of hydrogen-bond donors (Lipinski definition) is 0. The van der Waals surface area contributed by atoms with Crippen LogP contribution >= 0.6 is 0 Å². The number of methoxy groups -OCH3 is 1. The summed E-state index contributed by atoms with van der Waals surface area (Å²) >= 11 is 0. The first-order valence-corrected chi connectivity index (χ1v) is 6.87. The van der Waals surface area contributed by atoms with Crippen LogP contribution in [0, 0.1) is 17.2 Å². The van der Waals surface area contributed by atoms with Crippen LogP contribution in [0.5, 0.6) is 0 Å². The smallest absolute Gasteiger partial charge is 0.0777 e. The van der Waals surface area contributed by atoms with E-state index in [1.165, 1.54) is 25.7 Å². The average Bonchev–Trinajstić information content (AvgIpc) is 2.39. The molecule has 1 heterocycles. The molecule has 1 saturated heterocycles. The van der Waals surface area contributed by atoms with Crippen LogP contribution in [0.4, 0.5) is 0 Å². The summed E-state index contributed by atoms with van der Waals surface area (Å²) in [4.78, 5) is 2.51. The molecule has 0 radical (unpaired) electrons. The molecular formula is C14H24N2O. The summed E-state index contributed by atoms with van der Waals surface area (Å²) in [6, 6.07) is 2.99. The quantitative estimate of drug-likeness (QED) is 0.739. The molecule has 2 aliphatic rings. The zero-order valence-electron chi connectivity index (χ0n) is 11.1. The molecule has 1 aliphatic heterocycles. The van der Waals surface area contributed by atoms with Gasteiger partial charge in [-0.05, 0) is 39.2 Å². The van der Waals surface area contributed by atoms with Crippen molar-refractivity contribution in [3.05, 3.63) is 0 Å². The molecule has 3 atom stereocenters. The van der Waals surface area contributed by atoms with Crippen LogP contribution in [0.15, 0.2) is 0 Å². The highest BCUT2D eigenvalue weighted by Crippen LogP contribution is 2.33. The highest BCUT2D eigenvalue weighted by atomic mass is 16.5. The standard InChI is InChI=1S/C14H24N2O/c1-14(17-2)8-5-9-16(11-14)13-7-4-3-6-12(13)10-15/h12-13H,3-9,11H2,1-2H3. The van der Waals surface area contributed by atoms with Crippen molar-refractivity contribution in [3.8, 4) is 6.07 Å². The van der Waals surface area contributed by atoms with E-state index >= 15 is 0 Å². The second kappa shape index (κ2) is 5.37. The van der Waals surface area contributed by atoms with E-state index in [9.17, 15) is 5.26 Å². The number of piperidine rings is 1. The predicted molar refractivity (Wildman–Crippen MR) is 67.6 cm³/mol. The fourth-order valence-corrected chi connectivity index (χ4v) is 3.39. The number of nitrogens with zero attached hydrogens (tertiary/aromatic N) is 2. The first-order valence-electron chi connectivity index (χ1n) is 6.87. The van der Waals surface area contributed by atoms with Gasteiger partial charge in [0, 0.05) is 19.7 Å². The Labute approximate surface area is 105 Å². The minimum absolute atomic E-state index is 0.00426. The fourth-order valence-electron chi connectivity index (χ4n) is 3.39. The molecule has 3 heteroatoms. The minimum atomic E-state index is -0.00426. The van der Waals surface area contributed by atoms with E-state index in [1.807, 2.05) is 7.11 Å². The Hall–Kier alpha value is -0.590. The summed E-state index contributed by atoms with van der Waals surface area (Å²) in [5.41, 5.74) is -0.00426. The monoisotopic (exact) mass is 236 g/mol. The lowest BCUT2D eigenvalue weighted by Gasteiger charge is -2.45. The Morgan fingerprint density at radius 3 is 2.76 bits per heavy atom. The number of ether oxygens (including phenoxy) is 1. The van der Waals surface area contributed by atoms with Crippen LogP contribution in [0.25, 0.3) is 0 Å². The van der Waals surface area contributed by atoms with Crippen molar-refractivity contribution in [2.75, 3.05) is 20.2 Å². The van der Waals surface area contributed by atoms with Crippen molar-refractivity contribution < 1.29 is 4.74 Å². The maximum Gasteiger partial charge on any atom is 0.0777 e. The molecule has 0 aromatic carbocycles. The van der Waals surface area contributed by atoms with Crippen LogP contribution in [0.3, 0.4) is 0 Å². The Morgan fingerprint density at radius 2 is 2.06 bits per heavy atom. The predicted octanol–water partition coefficient (Wildman–Crippen LogP) is 2.57. The third-order valence-electron chi connectivity index (χ3n) is 4.55. The summed E-state index contributed by atoms with van der Waals surface area (Å²) in [6.07, 6.45) is 7.12. The molecule has 2 rings (SSSR count). The fraction of sp³-hybridized carbons (Fsp3) is 0.929. The summed E-state index contributed by atoms with van der Waals surface area (Å²) in [5, 5.41) is 9.27. The third kappa shape index (κ3) is 2.81. The molecule has 2 fully saturated rings. The van der Waals surface area contributed by atoms with Gasteiger partial charge in [-0.1, -0.05) is 12.8 Å². The topological polar surface area (TPSA) is 36.3 Å². The molecule has 0 N–H and O–H groups in total. The first-order chi connectivity index (χ1) is 8.18. The molecule has 0 aromatic heterocycles. The lowest BCUT2D eigenvalue weighted by atomic mass is 9.82. The molecule has 1 saturated carbocycles. The Balaban J connectivity index is 2.03. The van der Waals surface area contributed by atoms with Crippen LogP contribution in [0.2, 0.25) is 0 Å². The lowest BCUT2D eigenvalue weighted by Crippen LogP contribution is -2.53. The normalized spacial score (nSPS) is 39.8. The van der Waals surface area contributed by atoms with E-state index in [0.29, 0.717) is 6.04 Å². The van der Waals surface area contributed by atoms with Crippen LogP contribution < -0.4 is 0 Å². The van der Waals surface area contributed by atoms with Crippen LogP contribution in [-0.2, 0) is 4.74 Å². The highest BCUT2D eigenvalue weighted by Gasteiger charge is 2.37. The van der Waals surface area contributed by atoms with E-state index in [0.717, 1.165) is 25.9 Å². The van der Waals surface area contributed by atoms with E-state index < -0.39 is 0 Å². The second-order valence-electron chi connectivity index (χ2n) is 5.82. The molecule has 1 aliphatic carbocycles. The molecule has 96 valence electrons. The van der Waals surface area contributed by atoms with Gasteiger partial charge in [0.2, 0.25) is 0 Å². The summed E-state index contributed by atoms with van der Waals surface area (Å²) in [7, 11) is 1.81. The Morgan fingerprint density at radius 1 is 1.29 bits per heavy atom. The van der Waals surface area contributed by atoms with Gasteiger partial charge >= 0.3 is 0 Å². The van der Waals surface area contributed by atoms with Gasteiger partial charge in [-0.2, -0.15) is 5.26 Å². The molecule has 3 nitrogen and oxygen atoms in total. The minimum Gasteiger partial charge on any atom is -0.377 e. The van der Waals surface area contributed by atoms with Crippen molar-refractivity contribution in [1.82, 2.24) is 4.90 Å². The van der Waals surface area contributed by atoms with Crippen molar-refractivity contribution in [1.29, 1.82) is 5.26 Å². The number of nitriles is 1. The maximum absolute atomic E-state index is 9.27. The van der Waals surface area contributed by atoms with E-state index in [-0.39, 0.29) is 11.5 Å². The van der Waals surface area contributed by atoms with Gasteiger partial charge < -0.3 is 4.74 Å². The maximum atomic E-state index is 9.27. The van der Waals surface area contributed by atoms with E-state index in [4.69, 9.17) is 4.74 Å². The van der Waals surface area contributed by atoms with Crippen LogP contribution in [-0.4, -0.2) is 36.7 Å². The summed E-state index contributed by atoms with van der Waals surface area (Å²) < 4.78 is 5.64. The van der Waals surface area contributed by atoms with Gasteiger partial charge in [-0.3, -0.25) is 4.90 Å². The summed E-state index contributed by atoms with van der Waals surface area (Å²) in [6.45, 7) is 4.33. The van der Waals surface area contributed by atoms with Gasteiger partial charge in [0.15, 0.2) is 0 Å². The zero-order valence-corrected chi connectivity index (χ0v) is 11.1. The molecule has 3 unspecified atom stereocenters. The van der Waals surface area contributed by atoms with Crippen molar-refractivity contribution in [3.63, 3.8) is 0 Å². The van der Waals surface area contributed by atoms with Crippen molar-refractivity contribution >= 4 is 0 Å². The molecule has 0 aromatic rings. The van der Waals surface area contributed by atoms with Gasteiger partial charge in [-0.25, -0.2) is 0 Å². The molecule has 0 spiro atoms. The van der Waals surface area contributed by atoms with Crippen molar-refractivity contribution in [2.45, 2.75) is 57.1 Å². The molecule has 0 bridgehead atoms. The summed E-state index contributed by atoms with van der Waals surface area (Å²) in [5.74, 6) is 0.239. The Kier molecular flexibility index (Phi) is 4.06. The van der Waals surface area contributed by atoms with Gasteiger partial charge in [0.25, 0.3) is 0 Å². The van der Waals surface area contributed by atoms with E-state index in [1.54, 1.807) is 0 Å². The lowest BCUT2D eigenvalue weighted by molar-refractivity contribution is -0.0685. The molecule has 0 amide bonds. The van der Waals surface area contributed by atoms with Gasteiger partial charge in [0.05, 0.1) is 17.6 Å². The van der Waals surface area contributed by atoms with Crippen LogP contribution in [0.1, 0.15) is 45.4 Å². The SMILES string of the molecule is COC1(C)CCCN(C2CCCCC2C#N)C1. The van der Waals surface area contributed by atoms with Gasteiger partial charge in [-0.15, -0.1) is 0 Å². The zero-order chi connectivity index (χ0) is 12.3. The van der Waals surface area contributed by atoms with Gasteiger partial charge in [0.1, 0.15) is 0 Å². The number of likely N-dealkylation sites (tertiary alicyclic amines) is 1. The first kappa shape index (κ1) is 12.9. The average molecular weight is 236 g/mol. The number of rotatable bonds is 2. The molecular weight excluding hydrogens is 212 g/mol. The number of hydrogen-bond acceptors (Lipinski definition) is 3. The largest absolute Gasteiger partial charge is 0.377 e. The molecule has 17 heavy (non-hydrogen) atoms. The highest BCUT2D eigenvalue weighted by molar-refractivity contribution is 4.98. The third-order valence-corrected chi connectivity index (χ3v) is 4.55. The van der Waals surface area contributed by atoms with E-state index in [2.05, 4.69) is 17.9 Å². The Bertz CT molecular complexity index is 299. The van der Waals surface area contributed by atoms with Crippen molar-refractivity contribution in [2.24, 2.45) is 5.92 Å². The second-order valence-corrected chi connectivity index (χ2v) is 5.82.